The van der Waals surface area contributed by atoms with Crippen molar-refractivity contribution in [1.29, 1.82) is 0 Å². The second-order valence-corrected chi connectivity index (χ2v) is 4.97. The highest BCUT2D eigenvalue weighted by Gasteiger charge is 2.15. The van der Waals surface area contributed by atoms with E-state index >= 15 is 0 Å². The summed E-state index contributed by atoms with van der Waals surface area (Å²) in [5, 5.41) is 8.96. The van der Waals surface area contributed by atoms with Gasteiger partial charge in [0.2, 0.25) is 5.76 Å². The maximum Gasteiger partial charge on any atom is 0.372 e. The molecule has 0 amide bonds. The number of aromatic nitrogens is 1. The largest absolute Gasteiger partial charge is 0.475 e. The van der Waals surface area contributed by atoms with Crippen LogP contribution in [0.1, 0.15) is 33.3 Å². The van der Waals surface area contributed by atoms with Crippen molar-refractivity contribution >= 4 is 5.97 Å². The summed E-state index contributed by atoms with van der Waals surface area (Å²) in [4.78, 5) is 17.4. The summed E-state index contributed by atoms with van der Waals surface area (Å²) in [6.07, 6.45) is 0. The van der Waals surface area contributed by atoms with Crippen LogP contribution in [0.2, 0.25) is 0 Å². The van der Waals surface area contributed by atoms with Crippen LogP contribution in [-0.2, 0) is 13.1 Å². The zero-order chi connectivity index (χ0) is 14.7. The van der Waals surface area contributed by atoms with E-state index < -0.39 is 5.97 Å². The van der Waals surface area contributed by atoms with E-state index in [0.717, 1.165) is 11.4 Å². The van der Waals surface area contributed by atoms with Crippen LogP contribution in [0.3, 0.4) is 0 Å². The normalized spacial score (nSPS) is 11.0. The first kappa shape index (κ1) is 14.3. The Morgan fingerprint density at radius 3 is 2.70 bits per heavy atom. The van der Waals surface area contributed by atoms with E-state index in [1.165, 1.54) is 0 Å². The van der Waals surface area contributed by atoms with Gasteiger partial charge < -0.3 is 9.52 Å². The molecule has 0 aliphatic carbocycles. The molecule has 20 heavy (non-hydrogen) atoms. The Hall–Kier alpha value is -2.14. The number of aryl methyl sites for hydroxylation is 2. The molecule has 2 rings (SSSR count). The van der Waals surface area contributed by atoms with Crippen LogP contribution in [0, 0.1) is 13.8 Å². The molecule has 5 nitrogen and oxygen atoms in total. The van der Waals surface area contributed by atoms with Gasteiger partial charge in [-0.15, -0.1) is 0 Å². The highest BCUT2D eigenvalue weighted by Crippen LogP contribution is 2.16. The minimum atomic E-state index is -1.03. The monoisotopic (exact) mass is 274 g/mol. The zero-order valence-electron chi connectivity index (χ0n) is 11.9. The number of carbonyl (C=O) groups is 1. The van der Waals surface area contributed by atoms with Gasteiger partial charge in [-0.05, 0) is 39.1 Å². The van der Waals surface area contributed by atoms with Crippen molar-refractivity contribution in [3.63, 3.8) is 0 Å². The third kappa shape index (κ3) is 3.45. The lowest BCUT2D eigenvalue weighted by Crippen LogP contribution is -2.17. The molecule has 0 spiro atoms. The molecule has 0 atom stereocenters. The first-order valence-electron chi connectivity index (χ1n) is 6.39. The Kier molecular flexibility index (Phi) is 4.20. The number of nitrogens with zero attached hydrogens (tertiary/aromatic N) is 2. The first-order chi connectivity index (χ1) is 9.45. The number of hydrogen-bond donors (Lipinski definition) is 1. The van der Waals surface area contributed by atoms with Crippen molar-refractivity contribution in [1.82, 2.24) is 9.88 Å². The molecular weight excluding hydrogens is 256 g/mol. The molecule has 0 aliphatic rings. The van der Waals surface area contributed by atoms with Crippen molar-refractivity contribution in [3.05, 3.63) is 52.7 Å². The second-order valence-electron chi connectivity index (χ2n) is 4.97. The maximum atomic E-state index is 10.9. The van der Waals surface area contributed by atoms with Crippen molar-refractivity contribution in [2.45, 2.75) is 26.9 Å². The SMILES string of the molecule is Cc1cccc(CN(C)Cc2cc(C)c(C(=O)O)o2)n1. The van der Waals surface area contributed by atoms with E-state index in [9.17, 15) is 4.79 Å². The van der Waals surface area contributed by atoms with Gasteiger partial charge >= 0.3 is 5.97 Å². The molecule has 0 unspecified atom stereocenters. The lowest BCUT2D eigenvalue weighted by Gasteiger charge is -2.14. The predicted octanol–water partition coefficient (Wildman–Crippen LogP) is 2.62. The smallest absolute Gasteiger partial charge is 0.372 e. The highest BCUT2D eigenvalue weighted by atomic mass is 16.4. The number of furan rings is 1. The molecule has 0 aromatic carbocycles. The van der Waals surface area contributed by atoms with Crippen LogP contribution in [0.5, 0.6) is 0 Å². The average Bonchev–Trinajstić information content (AvgIpc) is 2.70. The Balaban J connectivity index is 2.03. The molecule has 2 heterocycles. The Morgan fingerprint density at radius 2 is 2.10 bits per heavy atom. The molecule has 106 valence electrons. The molecule has 0 aliphatic heterocycles. The third-order valence-corrected chi connectivity index (χ3v) is 2.97. The number of rotatable bonds is 5. The summed E-state index contributed by atoms with van der Waals surface area (Å²) in [5.41, 5.74) is 2.61. The van der Waals surface area contributed by atoms with Gasteiger partial charge in [0, 0.05) is 17.8 Å². The first-order valence-corrected chi connectivity index (χ1v) is 6.39. The van der Waals surface area contributed by atoms with E-state index in [2.05, 4.69) is 4.98 Å². The number of hydrogen-bond acceptors (Lipinski definition) is 4. The Morgan fingerprint density at radius 1 is 1.35 bits per heavy atom. The molecule has 0 fully saturated rings. The number of carboxylic acid groups (broad SMARTS) is 1. The van der Waals surface area contributed by atoms with E-state index in [1.54, 1.807) is 13.0 Å². The van der Waals surface area contributed by atoms with Crippen LogP contribution < -0.4 is 0 Å². The van der Waals surface area contributed by atoms with E-state index in [4.69, 9.17) is 9.52 Å². The molecule has 0 bridgehead atoms. The molecule has 2 aromatic rings. The Labute approximate surface area is 117 Å². The molecular formula is C15H18N2O3. The fraction of sp³-hybridized carbons (Fsp3) is 0.333. The maximum absolute atomic E-state index is 10.9. The van der Waals surface area contributed by atoms with Gasteiger partial charge in [-0.1, -0.05) is 6.07 Å². The topological polar surface area (TPSA) is 66.6 Å². The number of pyridine rings is 1. The van der Waals surface area contributed by atoms with Gasteiger partial charge in [0.05, 0.1) is 12.2 Å². The van der Waals surface area contributed by atoms with Crippen molar-refractivity contribution in [3.8, 4) is 0 Å². The number of carboxylic acids is 1. The summed E-state index contributed by atoms with van der Waals surface area (Å²) >= 11 is 0. The van der Waals surface area contributed by atoms with Gasteiger partial charge in [0.1, 0.15) is 5.76 Å². The van der Waals surface area contributed by atoms with Crippen LogP contribution in [-0.4, -0.2) is 28.0 Å². The third-order valence-electron chi connectivity index (χ3n) is 2.97. The van der Waals surface area contributed by atoms with Gasteiger partial charge in [-0.3, -0.25) is 9.88 Å². The predicted molar refractivity (Wildman–Crippen MR) is 74.5 cm³/mol. The molecule has 1 N–H and O–H groups in total. The van der Waals surface area contributed by atoms with Crippen molar-refractivity contribution < 1.29 is 14.3 Å². The summed E-state index contributed by atoms with van der Waals surface area (Å²) < 4.78 is 5.35. The minimum absolute atomic E-state index is 0.0158. The van der Waals surface area contributed by atoms with Gasteiger partial charge in [-0.2, -0.15) is 0 Å². The summed E-state index contributed by atoms with van der Waals surface area (Å²) in [6.45, 7) is 4.92. The molecule has 2 aromatic heterocycles. The van der Waals surface area contributed by atoms with E-state index in [0.29, 0.717) is 24.4 Å². The quantitative estimate of drug-likeness (QED) is 0.907. The van der Waals surface area contributed by atoms with Gasteiger partial charge in [-0.25, -0.2) is 4.79 Å². The van der Waals surface area contributed by atoms with Crippen molar-refractivity contribution in [2.24, 2.45) is 0 Å². The fourth-order valence-corrected chi connectivity index (χ4v) is 2.12. The average molecular weight is 274 g/mol. The lowest BCUT2D eigenvalue weighted by molar-refractivity contribution is 0.0657. The van der Waals surface area contributed by atoms with E-state index in [1.807, 2.05) is 37.1 Å². The van der Waals surface area contributed by atoms with Crippen LogP contribution in [0.15, 0.2) is 28.7 Å². The highest BCUT2D eigenvalue weighted by molar-refractivity contribution is 5.86. The Bertz CT molecular complexity index is 619. The molecule has 0 saturated heterocycles. The molecule has 0 saturated carbocycles. The van der Waals surface area contributed by atoms with Crippen LogP contribution >= 0.6 is 0 Å². The second kappa shape index (κ2) is 5.88. The molecule has 5 heteroatoms. The lowest BCUT2D eigenvalue weighted by atomic mass is 10.2. The fourth-order valence-electron chi connectivity index (χ4n) is 2.12. The summed E-state index contributed by atoms with van der Waals surface area (Å²) in [5.74, 6) is -0.367. The zero-order valence-corrected chi connectivity index (χ0v) is 11.9. The van der Waals surface area contributed by atoms with Gasteiger partial charge in [0.25, 0.3) is 0 Å². The number of aromatic carboxylic acids is 1. The van der Waals surface area contributed by atoms with Crippen molar-refractivity contribution in [2.75, 3.05) is 7.05 Å². The standard InChI is InChI=1S/C15H18N2O3/c1-10-7-13(20-14(10)15(18)19)9-17(3)8-12-6-4-5-11(2)16-12/h4-7H,8-9H2,1-3H3,(H,18,19). The van der Waals surface area contributed by atoms with Crippen LogP contribution in [0.4, 0.5) is 0 Å². The van der Waals surface area contributed by atoms with Gasteiger partial charge in [0.15, 0.2) is 0 Å². The molecule has 0 radical (unpaired) electrons. The van der Waals surface area contributed by atoms with E-state index in [-0.39, 0.29) is 5.76 Å². The summed E-state index contributed by atoms with van der Waals surface area (Å²) in [7, 11) is 1.95. The summed E-state index contributed by atoms with van der Waals surface area (Å²) in [6, 6.07) is 7.67. The van der Waals surface area contributed by atoms with Crippen LogP contribution in [0.25, 0.3) is 0 Å². The minimum Gasteiger partial charge on any atom is -0.475 e.